The molecule has 0 atom stereocenters. The minimum atomic E-state index is -0.780. The number of rotatable bonds is 14. The number of carbonyl (C=O) groups is 1. The predicted octanol–water partition coefficient (Wildman–Crippen LogP) is 5.57. The van der Waals surface area contributed by atoms with Gasteiger partial charge in [-0.3, -0.25) is 0 Å². The van der Waals surface area contributed by atoms with Crippen LogP contribution in [0, 0.1) is 5.21 Å². The van der Waals surface area contributed by atoms with Crippen LogP contribution in [0.3, 0.4) is 0 Å². The van der Waals surface area contributed by atoms with Gasteiger partial charge in [0.1, 0.15) is 0 Å². The Morgan fingerprint density at radius 2 is 1.05 bits per heavy atom. The van der Waals surface area contributed by atoms with Crippen molar-refractivity contribution in [3.63, 3.8) is 0 Å². The molecule has 1 amide bonds. The van der Waals surface area contributed by atoms with Gasteiger partial charge in [-0.15, -0.1) is 0 Å². The SMILES string of the molecule is CCCCCCCCCCCCCCCC(=O)[N+](C)(C)[O-]. The van der Waals surface area contributed by atoms with Crippen LogP contribution < -0.4 is 0 Å². The second kappa shape index (κ2) is 13.3. The highest BCUT2D eigenvalue weighted by atomic mass is 16.6. The summed E-state index contributed by atoms with van der Waals surface area (Å²) in [5.74, 6) is -0.196. The lowest BCUT2D eigenvalue weighted by atomic mass is 10.0. The first-order valence-corrected chi connectivity index (χ1v) is 9.07. The van der Waals surface area contributed by atoms with E-state index in [1.54, 1.807) is 0 Å². The van der Waals surface area contributed by atoms with Crippen LogP contribution in [0.25, 0.3) is 0 Å². The lowest BCUT2D eigenvalue weighted by Gasteiger charge is -2.30. The summed E-state index contributed by atoms with van der Waals surface area (Å²) < 4.78 is -0.780. The molecule has 0 N–H and O–H groups in total. The van der Waals surface area contributed by atoms with E-state index in [1.807, 2.05) is 0 Å². The number of quaternary nitrogens is 1. The highest BCUT2D eigenvalue weighted by Crippen LogP contribution is 2.13. The fourth-order valence-corrected chi connectivity index (χ4v) is 2.56. The van der Waals surface area contributed by atoms with Crippen LogP contribution in [0.1, 0.15) is 96.8 Å². The van der Waals surface area contributed by atoms with E-state index in [9.17, 15) is 10.0 Å². The molecule has 0 heterocycles. The van der Waals surface area contributed by atoms with Gasteiger partial charge in [-0.2, -0.15) is 0 Å². The summed E-state index contributed by atoms with van der Waals surface area (Å²) >= 11 is 0. The van der Waals surface area contributed by atoms with E-state index >= 15 is 0 Å². The van der Waals surface area contributed by atoms with Crippen LogP contribution in [-0.2, 0) is 4.79 Å². The molecule has 0 aromatic carbocycles. The average Bonchev–Trinajstić information content (AvgIpc) is 2.42. The van der Waals surface area contributed by atoms with Crippen molar-refractivity contribution in [2.75, 3.05) is 14.1 Å². The number of hydrogen-bond acceptors (Lipinski definition) is 2. The van der Waals surface area contributed by atoms with Gasteiger partial charge >= 0.3 is 5.91 Å². The highest BCUT2D eigenvalue weighted by Gasteiger charge is 2.14. The Balaban J connectivity index is 3.14. The van der Waals surface area contributed by atoms with E-state index in [-0.39, 0.29) is 5.91 Å². The maximum atomic E-state index is 11.4. The van der Waals surface area contributed by atoms with E-state index in [2.05, 4.69) is 6.92 Å². The summed E-state index contributed by atoms with van der Waals surface area (Å²) in [5.41, 5.74) is 0. The van der Waals surface area contributed by atoms with Gasteiger partial charge in [0, 0.05) is 0 Å². The van der Waals surface area contributed by atoms with Gasteiger partial charge < -0.3 is 9.85 Å². The van der Waals surface area contributed by atoms with Crippen molar-refractivity contribution in [3.05, 3.63) is 5.21 Å². The Morgan fingerprint density at radius 1 is 0.714 bits per heavy atom. The quantitative estimate of drug-likeness (QED) is 0.239. The van der Waals surface area contributed by atoms with Crippen LogP contribution in [0.2, 0.25) is 0 Å². The molecular weight excluding hydrogens is 262 g/mol. The molecule has 0 spiro atoms. The van der Waals surface area contributed by atoms with E-state index in [0.29, 0.717) is 6.42 Å². The van der Waals surface area contributed by atoms with E-state index < -0.39 is 4.65 Å². The fraction of sp³-hybridized carbons (Fsp3) is 0.944. The summed E-state index contributed by atoms with van der Waals surface area (Å²) in [4.78, 5) is 11.4. The third kappa shape index (κ3) is 14.3. The third-order valence-electron chi connectivity index (χ3n) is 4.09. The zero-order valence-electron chi connectivity index (χ0n) is 14.7. The molecule has 0 saturated heterocycles. The van der Waals surface area contributed by atoms with Crippen LogP contribution in [0.15, 0.2) is 0 Å². The van der Waals surface area contributed by atoms with Crippen LogP contribution in [0.5, 0.6) is 0 Å². The maximum absolute atomic E-state index is 11.4. The molecule has 0 aromatic rings. The van der Waals surface area contributed by atoms with E-state index in [1.165, 1.54) is 84.7 Å². The fourth-order valence-electron chi connectivity index (χ4n) is 2.56. The van der Waals surface area contributed by atoms with Gasteiger partial charge in [-0.05, 0) is 6.42 Å². The number of nitrogens with zero attached hydrogens (tertiary/aromatic N) is 1. The van der Waals surface area contributed by atoms with Crippen molar-refractivity contribution in [2.45, 2.75) is 96.8 Å². The monoisotopic (exact) mass is 299 g/mol. The Morgan fingerprint density at radius 3 is 1.38 bits per heavy atom. The zero-order valence-corrected chi connectivity index (χ0v) is 14.7. The molecule has 3 nitrogen and oxygen atoms in total. The zero-order chi connectivity index (χ0) is 16.0. The van der Waals surface area contributed by atoms with Crippen molar-refractivity contribution >= 4 is 5.91 Å². The van der Waals surface area contributed by atoms with Crippen LogP contribution in [0.4, 0.5) is 0 Å². The minimum Gasteiger partial charge on any atom is -0.626 e. The lowest BCUT2D eigenvalue weighted by Crippen LogP contribution is -2.39. The summed E-state index contributed by atoms with van der Waals surface area (Å²) in [6, 6.07) is 0. The first kappa shape index (κ1) is 20.6. The first-order valence-electron chi connectivity index (χ1n) is 9.07. The van der Waals surface area contributed by atoms with Crippen molar-refractivity contribution in [3.8, 4) is 0 Å². The molecule has 0 aliphatic carbocycles. The minimum absolute atomic E-state index is 0.196. The van der Waals surface area contributed by atoms with Gasteiger partial charge in [0.05, 0.1) is 20.5 Å². The normalized spacial score (nSPS) is 11.8. The van der Waals surface area contributed by atoms with Crippen LogP contribution in [-0.4, -0.2) is 24.6 Å². The molecule has 0 radical (unpaired) electrons. The third-order valence-corrected chi connectivity index (χ3v) is 4.09. The van der Waals surface area contributed by atoms with E-state index in [4.69, 9.17) is 0 Å². The number of carbonyl (C=O) groups excluding carboxylic acids is 1. The lowest BCUT2D eigenvalue weighted by molar-refractivity contribution is -0.760. The second-order valence-electron chi connectivity index (χ2n) is 6.74. The Hall–Kier alpha value is -0.410. The maximum Gasteiger partial charge on any atom is 0.313 e. The first-order chi connectivity index (χ1) is 9.98. The summed E-state index contributed by atoms with van der Waals surface area (Å²) in [6.45, 7) is 2.26. The Bertz CT molecular complexity index is 246. The highest BCUT2D eigenvalue weighted by molar-refractivity contribution is 5.68. The molecule has 0 unspecified atom stereocenters. The molecule has 0 saturated carbocycles. The van der Waals surface area contributed by atoms with Gasteiger partial charge in [-0.25, -0.2) is 4.79 Å². The largest absolute Gasteiger partial charge is 0.626 e. The van der Waals surface area contributed by atoms with E-state index in [0.717, 1.165) is 12.8 Å². The molecule has 126 valence electrons. The van der Waals surface area contributed by atoms with Crippen molar-refractivity contribution in [2.24, 2.45) is 0 Å². The summed E-state index contributed by atoms with van der Waals surface area (Å²) in [5, 5.41) is 11.3. The number of unbranched alkanes of at least 4 members (excludes halogenated alkanes) is 12. The molecule has 3 heteroatoms. The van der Waals surface area contributed by atoms with Crippen molar-refractivity contribution in [1.82, 2.24) is 0 Å². The molecule has 21 heavy (non-hydrogen) atoms. The smallest absolute Gasteiger partial charge is 0.313 e. The van der Waals surface area contributed by atoms with Gasteiger partial charge in [0.15, 0.2) is 0 Å². The number of amides is 1. The topological polar surface area (TPSA) is 40.1 Å². The molecule has 0 rings (SSSR count). The van der Waals surface area contributed by atoms with Crippen molar-refractivity contribution < 1.29 is 9.44 Å². The summed E-state index contributed by atoms with van der Waals surface area (Å²) in [6.07, 6.45) is 17.3. The molecule has 0 aromatic heterocycles. The molecule has 0 aliphatic heterocycles. The Labute approximate surface area is 132 Å². The molecular formula is C18H37NO2. The standard InChI is InChI=1S/C18H37NO2/c1-4-5-6-7-8-9-10-11-12-13-14-15-16-17-18(20)19(2,3)21/h4-17H2,1-3H3. The average molecular weight is 299 g/mol. The van der Waals surface area contributed by atoms with Crippen molar-refractivity contribution in [1.29, 1.82) is 0 Å². The molecule has 0 fully saturated rings. The number of hydroxylamine groups is 3. The van der Waals surface area contributed by atoms with Gasteiger partial charge in [-0.1, -0.05) is 84.0 Å². The van der Waals surface area contributed by atoms with Gasteiger partial charge in [0.2, 0.25) is 0 Å². The molecule has 0 bridgehead atoms. The molecule has 0 aliphatic rings. The second-order valence-corrected chi connectivity index (χ2v) is 6.74. The summed E-state index contributed by atoms with van der Waals surface area (Å²) in [7, 11) is 2.81. The van der Waals surface area contributed by atoms with Crippen LogP contribution >= 0.6 is 0 Å². The predicted molar refractivity (Wildman–Crippen MR) is 90.8 cm³/mol. The Kier molecular flexibility index (Phi) is 13.0. The van der Waals surface area contributed by atoms with Gasteiger partial charge in [0.25, 0.3) is 0 Å². The number of hydrogen-bond donors (Lipinski definition) is 0.